The lowest BCUT2D eigenvalue weighted by Crippen LogP contribution is -2.32. The smallest absolute Gasteiger partial charge is 0.179 e. The molecule has 0 saturated carbocycles. The number of aliphatic hydroxyl groups excluding tert-OH is 1. The molecule has 0 aliphatic rings. The molecule has 0 spiro atoms. The summed E-state index contributed by atoms with van der Waals surface area (Å²) < 4.78 is 7.56. The maximum Gasteiger partial charge on any atom is 0.179 e. The first-order valence-electron chi connectivity index (χ1n) is 11.0. The Bertz CT molecular complexity index is 1350. The number of aromatic amines is 1. The Morgan fingerprint density at radius 1 is 1.12 bits per heavy atom. The van der Waals surface area contributed by atoms with Gasteiger partial charge in [-0.1, -0.05) is 36.4 Å². The van der Waals surface area contributed by atoms with Crippen molar-refractivity contribution in [1.82, 2.24) is 30.3 Å². The van der Waals surface area contributed by atoms with E-state index in [1.165, 1.54) is 5.56 Å². The predicted molar refractivity (Wildman–Crippen MR) is 126 cm³/mol. The number of pyridine rings is 1. The Hall–Kier alpha value is -3.75. The Labute approximate surface area is 191 Å². The van der Waals surface area contributed by atoms with Gasteiger partial charge in [0.1, 0.15) is 12.4 Å². The number of fused-ring (bicyclic) bond motifs is 2. The summed E-state index contributed by atoms with van der Waals surface area (Å²) in [4.78, 5) is 3.35. The molecule has 3 heterocycles. The molecule has 0 bridgehead atoms. The summed E-state index contributed by atoms with van der Waals surface area (Å²) in [6.45, 7) is 3.09. The molecule has 0 amide bonds. The minimum Gasteiger partial charge on any atom is -0.489 e. The van der Waals surface area contributed by atoms with Gasteiger partial charge >= 0.3 is 0 Å². The number of benzene rings is 2. The van der Waals surface area contributed by atoms with Gasteiger partial charge < -0.3 is 20.1 Å². The van der Waals surface area contributed by atoms with Crippen molar-refractivity contribution in [2.75, 3.05) is 6.54 Å². The van der Waals surface area contributed by atoms with Crippen LogP contribution in [0.5, 0.6) is 5.75 Å². The molecule has 3 N–H and O–H groups in total. The molecule has 8 nitrogen and oxygen atoms in total. The predicted octanol–water partition coefficient (Wildman–Crippen LogP) is 3.44. The van der Waals surface area contributed by atoms with Crippen molar-refractivity contribution in [2.24, 2.45) is 0 Å². The fraction of sp³-hybridized carbons (Fsp3) is 0.240. The number of rotatable bonds is 9. The van der Waals surface area contributed by atoms with E-state index in [2.05, 4.69) is 57.0 Å². The highest BCUT2D eigenvalue weighted by molar-refractivity contribution is 5.84. The van der Waals surface area contributed by atoms with Crippen molar-refractivity contribution in [3.8, 4) is 5.75 Å². The lowest BCUT2D eigenvalue weighted by molar-refractivity contribution is 0.170. The second kappa shape index (κ2) is 9.40. The van der Waals surface area contributed by atoms with Crippen LogP contribution in [0.1, 0.15) is 29.7 Å². The average molecular weight is 443 g/mol. The number of nitrogens with zero attached hydrogens (tertiary/aromatic N) is 4. The summed E-state index contributed by atoms with van der Waals surface area (Å²) >= 11 is 0. The van der Waals surface area contributed by atoms with Crippen LogP contribution in [0.15, 0.2) is 73.1 Å². The van der Waals surface area contributed by atoms with E-state index in [1.807, 2.05) is 36.5 Å². The van der Waals surface area contributed by atoms with Crippen LogP contribution >= 0.6 is 0 Å². The molecule has 0 saturated heterocycles. The van der Waals surface area contributed by atoms with Gasteiger partial charge in [0.2, 0.25) is 0 Å². The molecule has 5 rings (SSSR count). The van der Waals surface area contributed by atoms with E-state index in [0.717, 1.165) is 34.2 Å². The molecule has 168 valence electrons. The minimum atomic E-state index is -0.651. The Morgan fingerprint density at radius 3 is 2.88 bits per heavy atom. The first-order chi connectivity index (χ1) is 16.2. The van der Waals surface area contributed by atoms with Crippen molar-refractivity contribution in [3.63, 3.8) is 0 Å². The third kappa shape index (κ3) is 4.87. The highest BCUT2D eigenvalue weighted by atomic mass is 16.5. The molecule has 0 aliphatic heterocycles. The summed E-state index contributed by atoms with van der Waals surface area (Å²) in [5, 5.41) is 26.6. The van der Waals surface area contributed by atoms with Crippen LogP contribution in [0.2, 0.25) is 0 Å². The maximum atomic E-state index is 10.6. The molecule has 0 aliphatic carbocycles. The molecule has 0 radical (unpaired) electrons. The number of tetrazole rings is 1. The number of ether oxygens (including phenoxy) is 1. The van der Waals surface area contributed by atoms with Crippen molar-refractivity contribution in [2.45, 2.75) is 32.1 Å². The zero-order chi connectivity index (χ0) is 22.6. The normalized spacial score (nSPS) is 13.4. The molecular weight excluding hydrogens is 416 g/mol. The van der Waals surface area contributed by atoms with Gasteiger partial charge in [-0.05, 0) is 59.2 Å². The molecule has 5 aromatic rings. The molecule has 8 heteroatoms. The van der Waals surface area contributed by atoms with Gasteiger partial charge in [0.15, 0.2) is 5.65 Å². The monoisotopic (exact) mass is 442 g/mol. The van der Waals surface area contributed by atoms with E-state index in [0.29, 0.717) is 18.8 Å². The van der Waals surface area contributed by atoms with Crippen molar-refractivity contribution >= 4 is 16.6 Å². The van der Waals surface area contributed by atoms with E-state index in [1.54, 1.807) is 16.8 Å². The molecular formula is C25H26N6O2. The first kappa shape index (κ1) is 21.1. The van der Waals surface area contributed by atoms with Gasteiger partial charge in [-0.15, -0.1) is 5.10 Å². The van der Waals surface area contributed by atoms with Crippen LogP contribution in [0.3, 0.4) is 0 Å². The summed E-state index contributed by atoms with van der Waals surface area (Å²) in [7, 11) is 0. The molecule has 2 aromatic carbocycles. The maximum absolute atomic E-state index is 10.6. The summed E-state index contributed by atoms with van der Waals surface area (Å²) in [6.07, 6.45) is 3.97. The Morgan fingerprint density at radius 2 is 2.00 bits per heavy atom. The fourth-order valence-electron chi connectivity index (χ4n) is 3.94. The average Bonchev–Trinajstić information content (AvgIpc) is 3.48. The zero-order valence-electron chi connectivity index (χ0n) is 18.3. The fourth-order valence-corrected chi connectivity index (χ4v) is 3.94. The van der Waals surface area contributed by atoms with Gasteiger partial charge in [0.25, 0.3) is 0 Å². The van der Waals surface area contributed by atoms with Crippen LogP contribution in [-0.2, 0) is 13.0 Å². The standard InChI is InChI=1S/C25H26N6O2/c1-17(26-14-24(32)19-7-10-25-28-29-30-31(25)15-19)11-20-13-27-23-9-8-21(12-22(20)23)33-16-18-5-3-2-4-6-18/h2-10,12-13,15,17,24,26-27,32H,11,14,16H2,1H3/t17-,24+/m1/s1. The van der Waals surface area contributed by atoms with Crippen LogP contribution in [0.25, 0.3) is 16.6 Å². The Kier molecular flexibility index (Phi) is 6.01. The van der Waals surface area contributed by atoms with Gasteiger partial charge in [-0.25, -0.2) is 4.52 Å². The largest absolute Gasteiger partial charge is 0.489 e. The number of hydrogen-bond donors (Lipinski definition) is 3. The second-order valence-corrected chi connectivity index (χ2v) is 8.27. The number of aromatic nitrogens is 5. The van der Waals surface area contributed by atoms with Gasteiger partial charge in [0.05, 0.1) is 6.10 Å². The SMILES string of the molecule is C[C@H](Cc1c[nH]c2ccc(OCc3ccccc3)cc12)NC[C@H](O)c1ccc2nnnn2c1. The van der Waals surface area contributed by atoms with E-state index < -0.39 is 6.10 Å². The van der Waals surface area contributed by atoms with E-state index in [9.17, 15) is 5.11 Å². The van der Waals surface area contributed by atoms with E-state index >= 15 is 0 Å². The van der Waals surface area contributed by atoms with Crippen molar-refractivity contribution in [1.29, 1.82) is 0 Å². The number of H-pyrrole nitrogens is 1. The van der Waals surface area contributed by atoms with E-state index in [4.69, 9.17) is 4.74 Å². The van der Waals surface area contributed by atoms with Crippen molar-refractivity contribution < 1.29 is 9.84 Å². The topological polar surface area (TPSA) is 100 Å². The number of nitrogens with one attached hydrogen (secondary N) is 2. The minimum absolute atomic E-state index is 0.171. The molecule has 3 aromatic heterocycles. The van der Waals surface area contributed by atoms with Gasteiger partial charge in [-0.3, -0.25) is 0 Å². The molecule has 0 fully saturated rings. The van der Waals surface area contributed by atoms with E-state index in [-0.39, 0.29) is 6.04 Å². The molecule has 33 heavy (non-hydrogen) atoms. The lowest BCUT2D eigenvalue weighted by Gasteiger charge is -2.17. The zero-order valence-corrected chi connectivity index (χ0v) is 18.3. The Balaban J connectivity index is 1.20. The van der Waals surface area contributed by atoms with Crippen LogP contribution in [-0.4, -0.2) is 42.7 Å². The van der Waals surface area contributed by atoms with Crippen LogP contribution < -0.4 is 10.1 Å². The lowest BCUT2D eigenvalue weighted by atomic mass is 10.1. The van der Waals surface area contributed by atoms with Gasteiger partial charge in [0, 0.05) is 41.4 Å². The van der Waals surface area contributed by atoms with Gasteiger partial charge in [-0.2, -0.15) is 0 Å². The first-order valence-corrected chi connectivity index (χ1v) is 11.0. The summed E-state index contributed by atoms with van der Waals surface area (Å²) in [5.74, 6) is 0.848. The highest BCUT2D eigenvalue weighted by Crippen LogP contribution is 2.25. The molecule has 2 atom stereocenters. The molecule has 0 unspecified atom stereocenters. The van der Waals surface area contributed by atoms with Crippen molar-refractivity contribution in [3.05, 3.63) is 89.7 Å². The third-order valence-corrected chi connectivity index (χ3v) is 5.77. The summed E-state index contributed by atoms with van der Waals surface area (Å²) in [6, 6.07) is 20.1. The number of aliphatic hydroxyl groups is 1. The van der Waals surface area contributed by atoms with Crippen LogP contribution in [0.4, 0.5) is 0 Å². The second-order valence-electron chi connectivity index (χ2n) is 8.27. The third-order valence-electron chi connectivity index (χ3n) is 5.77. The summed E-state index contributed by atoms with van der Waals surface area (Å²) in [5.41, 5.74) is 4.85. The quantitative estimate of drug-likeness (QED) is 0.323. The number of hydrogen-bond acceptors (Lipinski definition) is 6. The van der Waals surface area contributed by atoms with Crippen LogP contribution in [0, 0.1) is 0 Å². The highest BCUT2D eigenvalue weighted by Gasteiger charge is 2.13.